The smallest absolute Gasteiger partial charge is 0.342 e. The summed E-state index contributed by atoms with van der Waals surface area (Å²) < 4.78 is 29.4. The van der Waals surface area contributed by atoms with Gasteiger partial charge in [0.15, 0.2) is 11.4 Å². The first kappa shape index (κ1) is 12.2. The predicted molar refractivity (Wildman–Crippen MR) is 51.2 cm³/mol. The number of aromatic nitrogens is 1. The average Bonchev–Trinajstić information content (AvgIpc) is 2.20. The highest BCUT2D eigenvalue weighted by Gasteiger charge is 2.23. The Hall–Kier alpha value is -1.92. The van der Waals surface area contributed by atoms with Crippen LogP contribution in [0.4, 0.5) is 14.6 Å². The standard InChI is InChI=1S/C9H10F2N2O3/c1-2-16-9(15)4-3-5(12)13-6(7(4)14)8(10)11/h3,8,14H,2H2,1H3,(H2,12,13). The number of carbonyl (C=O) groups is 1. The molecule has 0 aliphatic carbocycles. The van der Waals surface area contributed by atoms with E-state index in [9.17, 15) is 18.7 Å². The predicted octanol–water partition coefficient (Wildman–Crippen LogP) is 1.48. The second-order valence-corrected chi connectivity index (χ2v) is 2.85. The Kier molecular flexibility index (Phi) is 3.60. The number of hydrogen-bond acceptors (Lipinski definition) is 5. The molecule has 0 amide bonds. The first-order valence-corrected chi connectivity index (χ1v) is 4.42. The molecule has 0 aliphatic rings. The number of hydrogen-bond donors (Lipinski definition) is 2. The van der Waals surface area contributed by atoms with Crippen LogP contribution in [0.1, 0.15) is 29.4 Å². The lowest BCUT2D eigenvalue weighted by atomic mass is 10.2. The van der Waals surface area contributed by atoms with Crippen LogP contribution in [0.25, 0.3) is 0 Å². The Morgan fingerprint density at radius 1 is 1.69 bits per heavy atom. The zero-order chi connectivity index (χ0) is 12.3. The molecule has 0 spiro atoms. The quantitative estimate of drug-likeness (QED) is 0.771. The van der Waals surface area contributed by atoms with Crippen LogP contribution in [0, 0.1) is 0 Å². The number of anilines is 1. The van der Waals surface area contributed by atoms with E-state index in [-0.39, 0.29) is 12.4 Å². The fourth-order valence-electron chi connectivity index (χ4n) is 1.10. The molecule has 1 aromatic rings. The van der Waals surface area contributed by atoms with E-state index in [2.05, 4.69) is 9.72 Å². The van der Waals surface area contributed by atoms with Gasteiger partial charge in [-0.1, -0.05) is 0 Å². The number of nitrogen functional groups attached to an aromatic ring is 1. The van der Waals surface area contributed by atoms with Gasteiger partial charge in [0.25, 0.3) is 6.43 Å². The number of carbonyl (C=O) groups excluding carboxylic acids is 1. The molecule has 0 saturated carbocycles. The number of alkyl halides is 2. The van der Waals surface area contributed by atoms with Gasteiger partial charge in [-0.15, -0.1) is 0 Å². The van der Waals surface area contributed by atoms with E-state index in [1.807, 2.05) is 0 Å². The fourth-order valence-corrected chi connectivity index (χ4v) is 1.10. The van der Waals surface area contributed by atoms with Crippen LogP contribution >= 0.6 is 0 Å². The van der Waals surface area contributed by atoms with Gasteiger partial charge < -0.3 is 15.6 Å². The molecule has 0 aliphatic heterocycles. The Labute approximate surface area is 89.9 Å². The zero-order valence-electron chi connectivity index (χ0n) is 8.41. The normalized spacial score (nSPS) is 10.5. The minimum atomic E-state index is -3.02. The van der Waals surface area contributed by atoms with Crippen molar-refractivity contribution in [3.05, 3.63) is 17.3 Å². The molecule has 88 valence electrons. The molecule has 1 rings (SSSR count). The number of esters is 1. The maximum atomic E-state index is 12.4. The van der Waals surface area contributed by atoms with E-state index in [1.54, 1.807) is 6.92 Å². The maximum absolute atomic E-state index is 12.4. The largest absolute Gasteiger partial charge is 0.505 e. The molecular formula is C9H10F2N2O3. The highest BCUT2D eigenvalue weighted by molar-refractivity contribution is 5.93. The van der Waals surface area contributed by atoms with Crippen LogP contribution < -0.4 is 5.73 Å². The van der Waals surface area contributed by atoms with Crippen LogP contribution in [0.5, 0.6) is 5.75 Å². The second kappa shape index (κ2) is 4.73. The minimum Gasteiger partial charge on any atom is -0.505 e. The summed E-state index contributed by atoms with van der Waals surface area (Å²) in [7, 11) is 0. The fraction of sp³-hybridized carbons (Fsp3) is 0.333. The minimum absolute atomic E-state index is 0.0600. The van der Waals surface area contributed by atoms with Gasteiger partial charge in [0.2, 0.25) is 0 Å². The van der Waals surface area contributed by atoms with Gasteiger partial charge in [-0.2, -0.15) is 0 Å². The Bertz CT molecular complexity index is 410. The Morgan fingerprint density at radius 3 is 2.81 bits per heavy atom. The molecule has 3 N–H and O–H groups in total. The summed E-state index contributed by atoms with van der Waals surface area (Å²) in [6.07, 6.45) is -3.02. The Balaban J connectivity index is 3.24. The van der Waals surface area contributed by atoms with Crippen molar-refractivity contribution in [2.75, 3.05) is 12.3 Å². The molecule has 0 unspecified atom stereocenters. The van der Waals surface area contributed by atoms with Crippen LogP contribution in [0.3, 0.4) is 0 Å². The van der Waals surface area contributed by atoms with Crippen LogP contribution in [0.2, 0.25) is 0 Å². The monoisotopic (exact) mass is 232 g/mol. The first-order valence-electron chi connectivity index (χ1n) is 4.42. The molecule has 7 heteroatoms. The van der Waals surface area contributed by atoms with Crippen molar-refractivity contribution >= 4 is 11.8 Å². The average molecular weight is 232 g/mol. The van der Waals surface area contributed by atoms with Crippen molar-refractivity contribution in [2.24, 2.45) is 0 Å². The van der Waals surface area contributed by atoms with Crippen molar-refractivity contribution in [2.45, 2.75) is 13.3 Å². The molecule has 16 heavy (non-hydrogen) atoms. The van der Waals surface area contributed by atoms with E-state index < -0.39 is 29.4 Å². The van der Waals surface area contributed by atoms with Gasteiger partial charge in [0.05, 0.1) is 6.61 Å². The Morgan fingerprint density at radius 2 is 2.31 bits per heavy atom. The second-order valence-electron chi connectivity index (χ2n) is 2.85. The lowest BCUT2D eigenvalue weighted by Crippen LogP contribution is -2.09. The number of rotatable bonds is 3. The number of nitrogens with two attached hydrogens (primary N) is 1. The third-order valence-corrected chi connectivity index (χ3v) is 1.74. The summed E-state index contributed by atoms with van der Waals surface area (Å²) in [6.45, 7) is 1.61. The van der Waals surface area contributed by atoms with Gasteiger partial charge >= 0.3 is 5.97 Å². The van der Waals surface area contributed by atoms with E-state index in [1.165, 1.54) is 0 Å². The summed E-state index contributed by atoms with van der Waals surface area (Å²) in [5, 5.41) is 9.38. The van der Waals surface area contributed by atoms with Gasteiger partial charge in [-0.05, 0) is 13.0 Å². The molecule has 0 atom stereocenters. The molecule has 0 radical (unpaired) electrons. The molecule has 1 aromatic heterocycles. The molecule has 1 heterocycles. The topological polar surface area (TPSA) is 85.4 Å². The van der Waals surface area contributed by atoms with E-state index in [0.717, 1.165) is 6.07 Å². The third-order valence-electron chi connectivity index (χ3n) is 1.74. The van der Waals surface area contributed by atoms with Crippen LogP contribution in [-0.2, 0) is 4.74 Å². The highest BCUT2D eigenvalue weighted by atomic mass is 19.3. The summed E-state index contributed by atoms with van der Waals surface area (Å²) in [5.41, 5.74) is 3.90. The van der Waals surface area contributed by atoms with Gasteiger partial charge in [0, 0.05) is 0 Å². The van der Waals surface area contributed by atoms with Gasteiger partial charge in [-0.25, -0.2) is 18.6 Å². The third kappa shape index (κ3) is 2.36. The SMILES string of the molecule is CCOC(=O)c1cc(N)nc(C(F)F)c1O. The highest BCUT2D eigenvalue weighted by Crippen LogP contribution is 2.31. The number of halogens is 2. The van der Waals surface area contributed by atoms with E-state index in [4.69, 9.17) is 5.73 Å². The lowest BCUT2D eigenvalue weighted by Gasteiger charge is -2.08. The van der Waals surface area contributed by atoms with Gasteiger partial charge in [0.1, 0.15) is 11.4 Å². The first-order chi connectivity index (χ1) is 7.47. The molecule has 0 aromatic carbocycles. The van der Waals surface area contributed by atoms with Crippen LogP contribution in [0.15, 0.2) is 6.07 Å². The van der Waals surface area contributed by atoms with Crippen molar-refractivity contribution in [1.29, 1.82) is 0 Å². The maximum Gasteiger partial charge on any atom is 0.342 e. The van der Waals surface area contributed by atoms with Crippen molar-refractivity contribution in [1.82, 2.24) is 4.98 Å². The van der Waals surface area contributed by atoms with Crippen LogP contribution in [-0.4, -0.2) is 22.7 Å². The van der Waals surface area contributed by atoms with Crippen molar-refractivity contribution in [3.63, 3.8) is 0 Å². The van der Waals surface area contributed by atoms with Crippen molar-refractivity contribution in [3.8, 4) is 5.75 Å². The lowest BCUT2D eigenvalue weighted by molar-refractivity contribution is 0.0521. The van der Waals surface area contributed by atoms with E-state index >= 15 is 0 Å². The molecular weight excluding hydrogens is 222 g/mol. The summed E-state index contributed by atoms with van der Waals surface area (Å²) >= 11 is 0. The number of ether oxygens (including phenoxy) is 1. The number of nitrogens with zero attached hydrogens (tertiary/aromatic N) is 1. The summed E-state index contributed by atoms with van der Waals surface area (Å²) in [4.78, 5) is 14.5. The number of aromatic hydroxyl groups is 1. The molecule has 0 saturated heterocycles. The molecule has 5 nitrogen and oxygen atoms in total. The summed E-state index contributed by atoms with van der Waals surface area (Å²) in [5.74, 6) is -2.10. The molecule has 0 bridgehead atoms. The van der Waals surface area contributed by atoms with E-state index in [0.29, 0.717) is 0 Å². The number of pyridine rings is 1. The summed E-state index contributed by atoms with van der Waals surface area (Å²) in [6, 6.07) is 0.985. The van der Waals surface area contributed by atoms with Gasteiger partial charge in [-0.3, -0.25) is 0 Å². The molecule has 0 fully saturated rings. The van der Waals surface area contributed by atoms with Crippen molar-refractivity contribution < 1.29 is 23.4 Å². The zero-order valence-corrected chi connectivity index (χ0v) is 8.41.